The number of allylic oxidation sites excluding steroid dienone is 3. The summed E-state index contributed by atoms with van der Waals surface area (Å²) in [5.74, 6) is -1.67. The van der Waals surface area contributed by atoms with Crippen molar-refractivity contribution in [2.45, 2.75) is 13.5 Å². The maximum absolute atomic E-state index is 13.2. The van der Waals surface area contributed by atoms with Crippen LogP contribution in [-0.4, -0.2) is 4.90 Å². The second-order valence-electron chi connectivity index (χ2n) is 4.53. The standard InChI is InChI=1S/C16H15F2N/c1-11(2)14-5-4-8-19(12(14)3)10-13-6-7-15(17)16(18)9-13/h4-9H,1,3,10H2,2H3. The molecule has 0 saturated heterocycles. The molecule has 0 amide bonds. The maximum atomic E-state index is 13.2. The second kappa shape index (κ2) is 5.22. The highest BCUT2D eigenvalue weighted by atomic mass is 19.2. The summed E-state index contributed by atoms with van der Waals surface area (Å²) in [6, 6.07) is 3.91. The van der Waals surface area contributed by atoms with Gasteiger partial charge in [-0.1, -0.05) is 25.3 Å². The summed E-state index contributed by atoms with van der Waals surface area (Å²) in [6.07, 6.45) is 5.68. The maximum Gasteiger partial charge on any atom is 0.159 e. The van der Waals surface area contributed by atoms with E-state index in [2.05, 4.69) is 13.2 Å². The number of benzene rings is 1. The molecular formula is C16H15F2N. The van der Waals surface area contributed by atoms with Crippen molar-refractivity contribution in [1.29, 1.82) is 0 Å². The minimum atomic E-state index is -0.834. The number of halogens is 2. The van der Waals surface area contributed by atoms with E-state index in [4.69, 9.17) is 0 Å². The van der Waals surface area contributed by atoms with Crippen LogP contribution in [0.2, 0.25) is 0 Å². The summed E-state index contributed by atoms with van der Waals surface area (Å²) in [5.41, 5.74) is 3.38. The highest BCUT2D eigenvalue weighted by molar-refractivity contribution is 5.47. The Morgan fingerprint density at radius 3 is 2.63 bits per heavy atom. The number of hydrogen-bond acceptors (Lipinski definition) is 1. The molecular weight excluding hydrogens is 244 g/mol. The molecule has 1 aliphatic heterocycles. The summed E-state index contributed by atoms with van der Waals surface area (Å²) < 4.78 is 26.1. The van der Waals surface area contributed by atoms with Gasteiger partial charge in [-0.05, 0) is 41.8 Å². The minimum absolute atomic E-state index is 0.442. The molecule has 1 aliphatic rings. The lowest BCUT2D eigenvalue weighted by atomic mass is 10.0. The largest absolute Gasteiger partial charge is 0.344 e. The molecule has 1 aromatic rings. The molecule has 0 aromatic heterocycles. The zero-order valence-corrected chi connectivity index (χ0v) is 10.8. The summed E-state index contributed by atoms with van der Waals surface area (Å²) in [7, 11) is 0. The Balaban J connectivity index is 2.18. The van der Waals surface area contributed by atoms with E-state index in [0.717, 1.165) is 22.9 Å². The molecule has 19 heavy (non-hydrogen) atoms. The summed E-state index contributed by atoms with van der Waals surface area (Å²) in [5, 5.41) is 0. The van der Waals surface area contributed by atoms with Gasteiger partial charge in [0.2, 0.25) is 0 Å². The van der Waals surface area contributed by atoms with E-state index in [0.29, 0.717) is 12.1 Å². The van der Waals surface area contributed by atoms with E-state index in [1.54, 1.807) is 6.07 Å². The van der Waals surface area contributed by atoms with Crippen LogP contribution in [0.3, 0.4) is 0 Å². The van der Waals surface area contributed by atoms with Gasteiger partial charge in [0, 0.05) is 18.4 Å². The molecule has 0 bridgehead atoms. The van der Waals surface area contributed by atoms with Crippen LogP contribution in [0.1, 0.15) is 12.5 Å². The van der Waals surface area contributed by atoms with Gasteiger partial charge in [-0.25, -0.2) is 8.78 Å². The summed E-state index contributed by atoms with van der Waals surface area (Å²) >= 11 is 0. The Bertz CT molecular complexity index is 597. The van der Waals surface area contributed by atoms with Crippen LogP contribution in [0.5, 0.6) is 0 Å². The predicted molar refractivity (Wildman–Crippen MR) is 73.1 cm³/mol. The molecule has 1 heterocycles. The summed E-state index contributed by atoms with van der Waals surface area (Å²) in [4.78, 5) is 1.89. The van der Waals surface area contributed by atoms with Crippen LogP contribution in [0.25, 0.3) is 0 Å². The van der Waals surface area contributed by atoms with Crippen molar-refractivity contribution in [3.63, 3.8) is 0 Å². The molecule has 0 atom stereocenters. The molecule has 3 heteroatoms. The average Bonchev–Trinajstić information content (AvgIpc) is 2.36. The molecule has 0 fully saturated rings. The lowest BCUT2D eigenvalue weighted by Gasteiger charge is -2.27. The Morgan fingerprint density at radius 1 is 1.26 bits per heavy atom. The fraction of sp³-hybridized carbons (Fsp3) is 0.125. The second-order valence-corrected chi connectivity index (χ2v) is 4.53. The highest BCUT2D eigenvalue weighted by Gasteiger charge is 2.14. The predicted octanol–water partition coefficient (Wildman–Crippen LogP) is 4.31. The fourth-order valence-corrected chi connectivity index (χ4v) is 1.96. The van der Waals surface area contributed by atoms with Crippen LogP contribution < -0.4 is 0 Å². The van der Waals surface area contributed by atoms with Gasteiger partial charge in [0.15, 0.2) is 11.6 Å². The zero-order chi connectivity index (χ0) is 14.0. The van der Waals surface area contributed by atoms with E-state index >= 15 is 0 Å². The van der Waals surface area contributed by atoms with Gasteiger partial charge in [-0.2, -0.15) is 0 Å². The first kappa shape index (κ1) is 13.3. The Morgan fingerprint density at radius 2 is 2.00 bits per heavy atom. The smallest absolute Gasteiger partial charge is 0.159 e. The van der Waals surface area contributed by atoms with Gasteiger partial charge in [0.25, 0.3) is 0 Å². The lowest BCUT2D eigenvalue weighted by molar-refractivity contribution is 0.459. The van der Waals surface area contributed by atoms with Crippen LogP contribution in [0.4, 0.5) is 8.78 Å². The molecule has 2 rings (SSSR count). The Kier molecular flexibility index (Phi) is 3.65. The quantitative estimate of drug-likeness (QED) is 0.781. The fourth-order valence-electron chi connectivity index (χ4n) is 1.96. The van der Waals surface area contributed by atoms with Gasteiger partial charge >= 0.3 is 0 Å². The third-order valence-electron chi connectivity index (χ3n) is 2.98. The number of nitrogens with zero attached hydrogens (tertiary/aromatic N) is 1. The molecule has 0 aliphatic carbocycles. The van der Waals surface area contributed by atoms with Gasteiger partial charge < -0.3 is 4.90 Å². The first-order chi connectivity index (χ1) is 8.99. The molecule has 1 aromatic carbocycles. The van der Waals surface area contributed by atoms with Crippen molar-refractivity contribution >= 4 is 0 Å². The Labute approximate surface area is 111 Å². The van der Waals surface area contributed by atoms with Crippen molar-refractivity contribution in [3.8, 4) is 0 Å². The highest BCUT2D eigenvalue weighted by Crippen LogP contribution is 2.26. The molecule has 0 saturated carbocycles. The molecule has 0 radical (unpaired) electrons. The van der Waals surface area contributed by atoms with Crippen LogP contribution in [0.15, 0.2) is 66.6 Å². The van der Waals surface area contributed by atoms with E-state index in [-0.39, 0.29) is 0 Å². The molecule has 0 N–H and O–H groups in total. The molecule has 1 nitrogen and oxygen atoms in total. The van der Waals surface area contributed by atoms with Crippen LogP contribution in [0, 0.1) is 11.6 Å². The molecule has 0 spiro atoms. The van der Waals surface area contributed by atoms with Crippen molar-refractivity contribution < 1.29 is 8.78 Å². The van der Waals surface area contributed by atoms with Gasteiger partial charge in [-0.3, -0.25) is 0 Å². The Hall–Kier alpha value is -2.16. The third-order valence-corrected chi connectivity index (χ3v) is 2.98. The van der Waals surface area contributed by atoms with E-state index in [1.165, 1.54) is 6.07 Å². The SMILES string of the molecule is C=C(C)C1=CC=CN(Cc2ccc(F)c(F)c2)C1=C. The van der Waals surface area contributed by atoms with E-state index in [9.17, 15) is 8.78 Å². The van der Waals surface area contributed by atoms with Gasteiger partial charge in [0.1, 0.15) is 0 Å². The van der Waals surface area contributed by atoms with Crippen molar-refractivity contribution in [1.82, 2.24) is 4.90 Å². The first-order valence-corrected chi connectivity index (χ1v) is 5.93. The molecule has 98 valence electrons. The number of rotatable bonds is 3. The minimum Gasteiger partial charge on any atom is -0.344 e. The normalized spacial score (nSPS) is 14.6. The van der Waals surface area contributed by atoms with Crippen molar-refractivity contribution in [2.24, 2.45) is 0 Å². The summed E-state index contributed by atoms with van der Waals surface area (Å²) in [6.45, 7) is 10.3. The van der Waals surface area contributed by atoms with Crippen LogP contribution >= 0.6 is 0 Å². The van der Waals surface area contributed by atoms with Gasteiger partial charge in [-0.15, -0.1) is 0 Å². The topological polar surface area (TPSA) is 3.24 Å². The average molecular weight is 259 g/mol. The zero-order valence-electron chi connectivity index (χ0n) is 10.8. The van der Waals surface area contributed by atoms with E-state index in [1.807, 2.05) is 30.2 Å². The van der Waals surface area contributed by atoms with Gasteiger partial charge in [0.05, 0.1) is 0 Å². The van der Waals surface area contributed by atoms with Crippen molar-refractivity contribution in [2.75, 3.05) is 0 Å². The van der Waals surface area contributed by atoms with Crippen molar-refractivity contribution in [3.05, 3.63) is 83.8 Å². The monoisotopic (exact) mass is 259 g/mol. The lowest BCUT2D eigenvalue weighted by Crippen LogP contribution is -2.19. The molecule has 0 unspecified atom stereocenters. The number of hydrogen-bond donors (Lipinski definition) is 0. The third kappa shape index (κ3) is 2.81. The van der Waals surface area contributed by atoms with E-state index < -0.39 is 11.6 Å². The first-order valence-electron chi connectivity index (χ1n) is 5.93. The van der Waals surface area contributed by atoms with Crippen LogP contribution in [-0.2, 0) is 6.54 Å².